The molecular weight excluding hydrogens is 221 g/mol. The summed E-state index contributed by atoms with van der Waals surface area (Å²) in [5, 5.41) is 17.4. The lowest BCUT2D eigenvalue weighted by Gasteiger charge is -2.21. The summed E-state index contributed by atoms with van der Waals surface area (Å²) in [5.41, 5.74) is -0.530. The van der Waals surface area contributed by atoms with Gasteiger partial charge in [0.2, 0.25) is 0 Å². The van der Waals surface area contributed by atoms with Gasteiger partial charge in [0.05, 0.1) is 0 Å². The number of carboxylic acids is 1. The van der Waals surface area contributed by atoms with Crippen molar-refractivity contribution in [2.45, 2.75) is 19.4 Å². The van der Waals surface area contributed by atoms with E-state index >= 15 is 0 Å². The molecule has 0 aliphatic carbocycles. The molecule has 1 aromatic rings. The highest BCUT2D eigenvalue weighted by Gasteiger charge is 2.29. The van der Waals surface area contributed by atoms with E-state index in [4.69, 9.17) is 14.9 Å². The summed E-state index contributed by atoms with van der Waals surface area (Å²) >= 11 is 0. The van der Waals surface area contributed by atoms with Crippen molar-refractivity contribution < 1.29 is 19.7 Å². The van der Waals surface area contributed by atoms with Crippen LogP contribution in [0.3, 0.4) is 0 Å². The standard InChI is InChI=1S/C13H14O4/c1-13(2,12(15)16)17-11-7-5-10(6-8-11)4-3-9-14/h5-8,14H,9H2,1-2H3,(H,15,16)/i9+1. The van der Waals surface area contributed by atoms with Crippen LogP contribution < -0.4 is 4.74 Å². The maximum atomic E-state index is 10.9. The Morgan fingerprint density at radius 2 is 1.94 bits per heavy atom. The normalized spacial score (nSPS) is 10.3. The average molecular weight is 235 g/mol. The molecule has 0 heterocycles. The minimum absolute atomic E-state index is 0.190. The first kappa shape index (κ1) is 13.1. The van der Waals surface area contributed by atoms with E-state index in [-0.39, 0.29) is 6.61 Å². The van der Waals surface area contributed by atoms with Gasteiger partial charge in [-0.05, 0) is 38.1 Å². The van der Waals surface area contributed by atoms with Crippen molar-refractivity contribution in [3.63, 3.8) is 0 Å². The van der Waals surface area contributed by atoms with Gasteiger partial charge in [0, 0.05) is 5.56 Å². The SMILES string of the molecule is CC(C)(Oc1ccc(C#C[13CH2]O)cc1)C(=O)O. The van der Waals surface area contributed by atoms with Gasteiger partial charge in [-0.2, -0.15) is 0 Å². The van der Waals surface area contributed by atoms with Gasteiger partial charge in [-0.1, -0.05) is 11.8 Å². The highest BCUT2D eigenvalue weighted by molar-refractivity contribution is 5.76. The molecule has 0 fully saturated rings. The number of ether oxygens (including phenoxy) is 1. The maximum Gasteiger partial charge on any atom is 0.347 e. The van der Waals surface area contributed by atoms with Crippen molar-refractivity contribution in [1.29, 1.82) is 0 Å². The third-order valence-corrected chi connectivity index (χ3v) is 2.05. The number of hydrogen-bond acceptors (Lipinski definition) is 3. The van der Waals surface area contributed by atoms with E-state index in [2.05, 4.69) is 11.8 Å². The van der Waals surface area contributed by atoms with Crippen LogP contribution >= 0.6 is 0 Å². The van der Waals surface area contributed by atoms with Gasteiger partial charge < -0.3 is 14.9 Å². The Hall–Kier alpha value is -1.99. The lowest BCUT2D eigenvalue weighted by Crippen LogP contribution is -2.37. The van der Waals surface area contributed by atoms with E-state index in [0.717, 1.165) is 5.56 Å². The van der Waals surface area contributed by atoms with Gasteiger partial charge in [-0.15, -0.1) is 0 Å². The fraction of sp³-hybridized carbons (Fsp3) is 0.308. The molecule has 0 spiro atoms. The summed E-state index contributed by atoms with van der Waals surface area (Å²) in [6.07, 6.45) is 0. The van der Waals surface area contributed by atoms with E-state index in [0.29, 0.717) is 5.75 Å². The van der Waals surface area contributed by atoms with Gasteiger partial charge >= 0.3 is 5.97 Å². The molecule has 0 saturated heterocycles. The summed E-state index contributed by atoms with van der Waals surface area (Å²) in [6, 6.07) is 6.70. The molecule has 1 rings (SSSR count). The molecule has 1 aromatic carbocycles. The van der Waals surface area contributed by atoms with E-state index in [1.54, 1.807) is 24.3 Å². The fourth-order valence-corrected chi connectivity index (χ4v) is 1.09. The second-order valence-electron chi connectivity index (χ2n) is 3.90. The van der Waals surface area contributed by atoms with Crippen molar-refractivity contribution in [3.05, 3.63) is 29.8 Å². The molecule has 2 N–H and O–H groups in total. The van der Waals surface area contributed by atoms with Crippen molar-refractivity contribution in [2.75, 3.05) is 6.61 Å². The molecule has 0 bridgehead atoms. The predicted molar refractivity (Wildman–Crippen MR) is 62.7 cm³/mol. The molecule has 0 unspecified atom stereocenters. The van der Waals surface area contributed by atoms with Crippen molar-refractivity contribution in [2.24, 2.45) is 0 Å². The van der Waals surface area contributed by atoms with Gasteiger partial charge in [-0.25, -0.2) is 4.79 Å². The Bertz CT molecular complexity index is 449. The Kier molecular flexibility index (Phi) is 4.13. The van der Waals surface area contributed by atoms with Gasteiger partial charge in [0.1, 0.15) is 12.4 Å². The summed E-state index contributed by atoms with van der Waals surface area (Å²) < 4.78 is 5.33. The number of aliphatic hydroxyl groups is 1. The first-order valence-corrected chi connectivity index (χ1v) is 5.08. The minimum atomic E-state index is -1.27. The molecule has 0 aliphatic rings. The highest BCUT2D eigenvalue weighted by atomic mass is 16.5. The number of benzene rings is 1. The number of carbonyl (C=O) groups is 1. The summed E-state index contributed by atoms with van der Waals surface area (Å²) in [5.74, 6) is 4.69. The number of hydrogen-bond donors (Lipinski definition) is 2. The van der Waals surface area contributed by atoms with Crippen LogP contribution in [0.1, 0.15) is 19.4 Å². The molecule has 0 atom stereocenters. The highest BCUT2D eigenvalue weighted by Crippen LogP contribution is 2.18. The zero-order chi connectivity index (χ0) is 12.9. The molecular formula is C13H14O4. The molecule has 0 aromatic heterocycles. The van der Waals surface area contributed by atoms with E-state index in [1.807, 2.05) is 0 Å². The number of aliphatic carboxylic acids is 1. The third kappa shape index (κ3) is 3.82. The predicted octanol–water partition coefficient (Wildman–Crippen LogP) is 1.27. The molecule has 0 radical (unpaired) electrons. The Morgan fingerprint density at radius 1 is 1.35 bits per heavy atom. The Balaban J connectivity index is 2.79. The van der Waals surface area contributed by atoms with Crippen LogP contribution in [-0.4, -0.2) is 28.4 Å². The Labute approximate surface area is 99.8 Å². The minimum Gasteiger partial charge on any atom is -0.478 e. The maximum absolute atomic E-state index is 10.9. The molecule has 90 valence electrons. The molecule has 0 saturated carbocycles. The fourth-order valence-electron chi connectivity index (χ4n) is 1.09. The summed E-state index contributed by atoms with van der Waals surface area (Å²) in [7, 11) is 0. The summed E-state index contributed by atoms with van der Waals surface area (Å²) in [4.78, 5) is 10.9. The average Bonchev–Trinajstić information content (AvgIpc) is 2.27. The van der Waals surface area contributed by atoms with Gasteiger partial charge in [0.15, 0.2) is 5.60 Å². The molecule has 17 heavy (non-hydrogen) atoms. The first-order chi connectivity index (χ1) is 7.95. The van der Waals surface area contributed by atoms with Crippen molar-refractivity contribution in [1.82, 2.24) is 0 Å². The molecule has 0 aliphatic heterocycles. The number of carboxylic acid groups (broad SMARTS) is 1. The third-order valence-electron chi connectivity index (χ3n) is 2.05. The topological polar surface area (TPSA) is 66.8 Å². The van der Waals surface area contributed by atoms with Crippen molar-refractivity contribution >= 4 is 5.97 Å². The monoisotopic (exact) mass is 235 g/mol. The second-order valence-corrected chi connectivity index (χ2v) is 3.90. The smallest absolute Gasteiger partial charge is 0.347 e. The quantitative estimate of drug-likeness (QED) is 0.611. The van der Waals surface area contributed by atoms with Crippen LogP contribution in [0.4, 0.5) is 0 Å². The van der Waals surface area contributed by atoms with Crippen LogP contribution in [0.15, 0.2) is 24.3 Å². The number of rotatable bonds is 3. The Morgan fingerprint density at radius 3 is 2.41 bits per heavy atom. The zero-order valence-corrected chi connectivity index (χ0v) is 9.73. The van der Waals surface area contributed by atoms with Gasteiger partial charge in [0.25, 0.3) is 0 Å². The first-order valence-electron chi connectivity index (χ1n) is 5.08. The van der Waals surface area contributed by atoms with Crippen LogP contribution in [0.2, 0.25) is 0 Å². The summed E-state index contributed by atoms with van der Waals surface area (Å²) in [6.45, 7) is 2.77. The van der Waals surface area contributed by atoms with Crippen LogP contribution in [0.5, 0.6) is 5.75 Å². The lowest BCUT2D eigenvalue weighted by molar-refractivity contribution is -0.152. The number of aliphatic hydroxyl groups excluding tert-OH is 1. The second kappa shape index (κ2) is 5.37. The van der Waals surface area contributed by atoms with E-state index in [1.165, 1.54) is 13.8 Å². The van der Waals surface area contributed by atoms with E-state index < -0.39 is 11.6 Å². The van der Waals surface area contributed by atoms with Crippen LogP contribution in [0.25, 0.3) is 0 Å². The van der Waals surface area contributed by atoms with Crippen LogP contribution in [-0.2, 0) is 4.79 Å². The van der Waals surface area contributed by atoms with Crippen LogP contribution in [0, 0.1) is 11.8 Å². The molecule has 4 nitrogen and oxygen atoms in total. The van der Waals surface area contributed by atoms with E-state index in [9.17, 15) is 4.79 Å². The molecule has 0 amide bonds. The largest absolute Gasteiger partial charge is 0.478 e. The molecule has 4 heteroatoms. The zero-order valence-electron chi connectivity index (χ0n) is 9.73. The lowest BCUT2D eigenvalue weighted by atomic mass is 10.1. The van der Waals surface area contributed by atoms with Gasteiger partial charge in [-0.3, -0.25) is 0 Å². The van der Waals surface area contributed by atoms with Crippen molar-refractivity contribution in [3.8, 4) is 17.6 Å².